The number of aromatic nitrogens is 1. The number of hydrogen-bond donors (Lipinski definition) is 2. The maximum Gasteiger partial charge on any atom is 0.319 e. The molecule has 0 aliphatic carbocycles. The molecule has 0 saturated carbocycles. The summed E-state index contributed by atoms with van der Waals surface area (Å²) in [6.07, 6.45) is 5.16. The first-order chi connectivity index (χ1) is 13.5. The Morgan fingerprint density at radius 2 is 1.86 bits per heavy atom. The number of carbonyl (C=O) groups is 1. The van der Waals surface area contributed by atoms with Gasteiger partial charge in [-0.15, -0.1) is 0 Å². The number of nitrogens with zero attached hydrogens (tertiary/aromatic N) is 2. The molecule has 0 spiro atoms. The van der Waals surface area contributed by atoms with E-state index in [0.29, 0.717) is 25.3 Å². The minimum absolute atomic E-state index is 0.00187. The number of urea groups is 1. The summed E-state index contributed by atoms with van der Waals surface area (Å²) in [4.78, 5) is 16.2. The number of anilines is 1. The van der Waals surface area contributed by atoms with Crippen molar-refractivity contribution in [2.75, 3.05) is 18.4 Å². The molecule has 2 N–H and O–H groups in total. The van der Waals surface area contributed by atoms with Crippen LogP contribution < -0.4 is 10.6 Å². The van der Waals surface area contributed by atoms with Crippen molar-refractivity contribution < 1.29 is 17.9 Å². The van der Waals surface area contributed by atoms with E-state index in [1.807, 2.05) is 6.07 Å². The molecule has 1 aromatic carbocycles. The fourth-order valence-corrected chi connectivity index (χ4v) is 5.00. The zero-order valence-corrected chi connectivity index (χ0v) is 16.1. The van der Waals surface area contributed by atoms with Gasteiger partial charge in [-0.25, -0.2) is 13.2 Å². The van der Waals surface area contributed by atoms with E-state index in [-0.39, 0.29) is 23.1 Å². The zero-order chi connectivity index (χ0) is 19.6. The molecule has 4 rings (SSSR count). The van der Waals surface area contributed by atoms with Gasteiger partial charge in [0.15, 0.2) is 0 Å². The van der Waals surface area contributed by atoms with Crippen LogP contribution in [0.25, 0.3) is 0 Å². The van der Waals surface area contributed by atoms with Gasteiger partial charge in [0.1, 0.15) is 0 Å². The predicted octanol–water partition coefficient (Wildman–Crippen LogP) is 1.96. The van der Waals surface area contributed by atoms with Gasteiger partial charge >= 0.3 is 6.03 Å². The van der Waals surface area contributed by atoms with Crippen molar-refractivity contribution in [2.45, 2.75) is 36.5 Å². The highest BCUT2D eigenvalue weighted by Crippen LogP contribution is 2.30. The van der Waals surface area contributed by atoms with Crippen LogP contribution in [0, 0.1) is 0 Å². The van der Waals surface area contributed by atoms with Crippen LogP contribution in [0.1, 0.15) is 18.4 Å². The quantitative estimate of drug-likeness (QED) is 0.796. The topological polar surface area (TPSA) is 101 Å². The Labute approximate surface area is 164 Å². The van der Waals surface area contributed by atoms with Crippen LogP contribution in [0.3, 0.4) is 0 Å². The Morgan fingerprint density at radius 3 is 2.50 bits per heavy atom. The first kappa shape index (κ1) is 18.9. The molecular weight excluding hydrogens is 380 g/mol. The van der Waals surface area contributed by atoms with Crippen LogP contribution in [0.2, 0.25) is 0 Å². The van der Waals surface area contributed by atoms with E-state index in [0.717, 1.165) is 18.4 Å². The molecule has 2 amide bonds. The van der Waals surface area contributed by atoms with Gasteiger partial charge in [0.2, 0.25) is 10.0 Å². The van der Waals surface area contributed by atoms with E-state index in [9.17, 15) is 13.2 Å². The van der Waals surface area contributed by atoms with E-state index in [1.165, 1.54) is 16.4 Å². The average molecular weight is 402 g/mol. The molecule has 2 saturated heterocycles. The van der Waals surface area contributed by atoms with Gasteiger partial charge in [-0.05, 0) is 48.7 Å². The molecule has 2 atom stereocenters. The number of nitrogens with one attached hydrogen (secondary N) is 2. The zero-order valence-electron chi connectivity index (χ0n) is 15.2. The van der Waals surface area contributed by atoms with Crippen molar-refractivity contribution >= 4 is 21.7 Å². The standard InChI is InChI=1S/C19H22N4O4S/c24-19(21-11-14-2-1-9-20-10-14)22-15-3-7-18(8-4-15)28(25,26)23-12-16-5-6-17(13-23)27-16/h1-4,7-10,16-17H,5-6,11-13H2,(H2,21,22,24)/t16-,17+. The van der Waals surface area contributed by atoms with E-state index in [2.05, 4.69) is 15.6 Å². The van der Waals surface area contributed by atoms with Crippen LogP contribution in [0.4, 0.5) is 10.5 Å². The Morgan fingerprint density at radius 1 is 1.14 bits per heavy atom. The van der Waals surface area contributed by atoms with E-state index in [1.54, 1.807) is 30.6 Å². The van der Waals surface area contributed by atoms with Crippen molar-refractivity contribution in [1.29, 1.82) is 0 Å². The first-order valence-corrected chi connectivity index (χ1v) is 10.6. The van der Waals surface area contributed by atoms with Crippen LogP contribution in [0.15, 0.2) is 53.7 Å². The van der Waals surface area contributed by atoms with Gasteiger partial charge in [-0.2, -0.15) is 4.31 Å². The Bertz CT molecular complexity index is 922. The third-order valence-corrected chi connectivity index (χ3v) is 6.78. The summed E-state index contributed by atoms with van der Waals surface area (Å²) in [5.41, 5.74) is 1.41. The third kappa shape index (κ3) is 4.16. The largest absolute Gasteiger partial charge is 0.372 e. The molecule has 1 aromatic heterocycles. The maximum atomic E-state index is 12.9. The molecule has 148 valence electrons. The Hall–Kier alpha value is -2.49. The molecule has 3 heterocycles. The van der Waals surface area contributed by atoms with Crippen LogP contribution in [-0.2, 0) is 21.3 Å². The van der Waals surface area contributed by atoms with Crippen molar-refractivity contribution in [2.24, 2.45) is 0 Å². The SMILES string of the molecule is O=C(NCc1cccnc1)Nc1ccc(S(=O)(=O)N2C[C@H]3CC[C@@H](C2)O3)cc1. The smallest absolute Gasteiger partial charge is 0.319 e. The highest BCUT2D eigenvalue weighted by molar-refractivity contribution is 7.89. The number of rotatable bonds is 5. The number of ether oxygens (including phenoxy) is 1. The van der Waals surface area contributed by atoms with Gasteiger partial charge in [-0.1, -0.05) is 6.07 Å². The normalized spacial score (nSPS) is 22.0. The number of sulfonamides is 1. The second-order valence-corrected chi connectivity index (χ2v) is 8.91. The molecule has 9 heteroatoms. The summed E-state index contributed by atoms with van der Waals surface area (Å²) in [7, 11) is -3.56. The number of fused-ring (bicyclic) bond motifs is 2. The van der Waals surface area contributed by atoms with Crippen LogP contribution in [0.5, 0.6) is 0 Å². The fraction of sp³-hybridized carbons (Fsp3) is 0.368. The molecule has 2 fully saturated rings. The lowest BCUT2D eigenvalue weighted by atomic mass is 10.2. The lowest BCUT2D eigenvalue weighted by Gasteiger charge is -2.31. The van der Waals surface area contributed by atoms with Gasteiger partial charge in [0.25, 0.3) is 0 Å². The van der Waals surface area contributed by atoms with Crippen molar-refractivity contribution in [3.8, 4) is 0 Å². The molecule has 2 aromatic rings. The number of carbonyl (C=O) groups excluding carboxylic acids is 1. The highest BCUT2D eigenvalue weighted by Gasteiger charge is 2.39. The molecule has 28 heavy (non-hydrogen) atoms. The third-order valence-electron chi connectivity index (χ3n) is 4.94. The molecule has 0 unspecified atom stereocenters. The molecular formula is C19H22N4O4S. The van der Waals surface area contributed by atoms with Crippen LogP contribution >= 0.6 is 0 Å². The molecule has 2 bridgehead atoms. The van der Waals surface area contributed by atoms with Crippen LogP contribution in [-0.4, -0.2) is 49.0 Å². The van der Waals surface area contributed by atoms with Gasteiger partial charge in [-0.3, -0.25) is 4.98 Å². The van der Waals surface area contributed by atoms with E-state index >= 15 is 0 Å². The monoisotopic (exact) mass is 402 g/mol. The van der Waals surface area contributed by atoms with Gasteiger partial charge < -0.3 is 15.4 Å². The summed E-state index contributed by atoms with van der Waals surface area (Å²) < 4.78 is 32.9. The van der Waals surface area contributed by atoms with Gasteiger partial charge in [0.05, 0.1) is 17.1 Å². The van der Waals surface area contributed by atoms with E-state index in [4.69, 9.17) is 4.74 Å². The number of amides is 2. The Kier molecular flexibility index (Phi) is 5.29. The van der Waals surface area contributed by atoms with Crippen molar-refractivity contribution in [1.82, 2.24) is 14.6 Å². The number of benzene rings is 1. The lowest BCUT2D eigenvalue weighted by molar-refractivity contribution is -0.0114. The number of hydrogen-bond acceptors (Lipinski definition) is 5. The molecule has 0 radical (unpaired) electrons. The molecule has 8 nitrogen and oxygen atoms in total. The lowest BCUT2D eigenvalue weighted by Crippen LogP contribution is -2.45. The van der Waals surface area contributed by atoms with Gasteiger partial charge in [0, 0.05) is 37.7 Å². The summed E-state index contributed by atoms with van der Waals surface area (Å²) >= 11 is 0. The maximum absolute atomic E-state index is 12.9. The summed E-state index contributed by atoms with van der Waals surface area (Å²) in [5, 5.41) is 5.43. The summed E-state index contributed by atoms with van der Waals surface area (Å²) in [6.45, 7) is 1.15. The molecule has 2 aliphatic heterocycles. The number of pyridine rings is 1. The Balaban J connectivity index is 1.36. The van der Waals surface area contributed by atoms with Crippen molar-refractivity contribution in [3.05, 3.63) is 54.4 Å². The minimum atomic E-state index is -3.56. The summed E-state index contributed by atoms with van der Waals surface area (Å²) in [5.74, 6) is 0. The average Bonchev–Trinajstić information content (AvgIpc) is 3.05. The summed E-state index contributed by atoms with van der Waals surface area (Å²) in [6, 6.07) is 9.51. The first-order valence-electron chi connectivity index (χ1n) is 9.20. The minimum Gasteiger partial charge on any atom is -0.372 e. The second kappa shape index (κ2) is 7.86. The highest BCUT2D eigenvalue weighted by atomic mass is 32.2. The van der Waals surface area contributed by atoms with Crippen molar-refractivity contribution in [3.63, 3.8) is 0 Å². The fourth-order valence-electron chi connectivity index (χ4n) is 3.49. The van der Waals surface area contributed by atoms with E-state index < -0.39 is 10.0 Å². The predicted molar refractivity (Wildman–Crippen MR) is 103 cm³/mol. The second-order valence-electron chi connectivity index (χ2n) is 6.97. The number of morpholine rings is 1. The molecule has 2 aliphatic rings.